The van der Waals surface area contributed by atoms with Crippen molar-refractivity contribution < 1.29 is 0 Å². The maximum Gasteiger partial charge on any atom is 0.176 e. The lowest BCUT2D eigenvalue weighted by atomic mass is 10.2. The Morgan fingerprint density at radius 2 is 1.83 bits per heavy atom. The Morgan fingerprint density at radius 1 is 1.07 bits per heavy atom. The molecule has 2 aromatic heterocycles. The summed E-state index contributed by atoms with van der Waals surface area (Å²) in [5.41, 5.74) is 7.60. The summed E-state index contributed by atoms with van der Waals surface area (Å²) in [6.07, 6.45) is 3.60. The highest BCUT2D eigenvalue weighted by Gasteiger charge is 2.17. The van der Waals surface area contributed by atoms with Gasteiger partial charge in [0, 0.05) is 17.6 Å². The molecule has 0 bridgehead atoms. The molecule has 4 rings (SSSR count). The van der Waals surface area contributed by atoms with Crippen molar-refractivity contribution in [2.45, 2.75) is 19.8 Å². The van der Waals surface area contributed by atoms with Crippen LogP contribution in [-0.2, 0) is 13.5 Å². The molecule has 0 aliphatic heterocycles. The van der Waals surface area contributed by atoms with E-state index in [1.54, 1.807) is 6.21 Å². The standard InChI is InChI=1S/C22H21ClN6/c1-3-7-18-19-20(29(2)28-18)22(27-24-14-15-8-5-4-6-9-15)26-21(25-19)16-10-12-17(23)13-11-16/h4-6,8-14H,3,7H2,1-2H3,(H,25,26,27)/b24-14+. The van der Waals surface area contributed by atoms with E-state index < -0.39 is 0 Å². The number of aryl methyl sites for hydroxylation is 2. The van der Waals surface area contributed by atoms with Crippen LogP contribution in [0.15, 0.2) is 59.7 Å². The first kappa shape index (κ1) is 19.1. The number of rotatable bonds is 6. The van der Waals surface area contributed by atoms with Gasteiger partial charge in [-0.1, -0.05) is 55.3 Å². The van der Waals surface area contributed by atoms with E-state index in [0.29, 0.717) is 16.7 Å². The lowest BCUT2D eigenvalue weighted by Crippen LogP contribution is -2.01. The van der Waals surface area contributed by atoms with E-state index in [1.165, 1.54) is 0 Å². The molecule has 0 saturated heterocycles. The maximum absolute atomic E-state index is 6.04. The van der Waals surface area contributed by atoms with Gasteiger partial charge in [0.1, 0.15) is 11.0 Å². The Balaban J connectivity index is 1.80. The molecule has 0 radical (unpaired) electrons. The van der Waals surface area contributed by atoms with Crippen molar-refractivity contribution in [3.05, 3.63) is 70.9 Å². The Kier molecular flexibility index (Phi) is 5.53. The van der Waals surface area contributed by atoms with Gasteiger partial charge in [0.05, 0.1) is 11.9 Å². The van der Waals surface area contributed by atoms with Gasteiger partial charge < -0.3 is 0 Å². The van der Waals surface area contributed by atoms with Crippen LogP contribution in [0.4, 0.5) is 5.82 Å². The minimum atomic E-state index is 0.608. The van der Waals surface area contributed by atoms with Crippen LogP contribution >= 0.6 is 11.6 Å². The van der Waals surface area contributed by atoms with Gasteiger partial charge in [-0.3, -0.25) is 10.1 Å². The molecule has 2 aromatic carbocycles. The van der Waals surface area contributed by atoms with Crippen LogP contribution in [0.5, 0.6) is 0 Å². The number of nitrogens with one attached hydrogen (secondary N) is 1. The molecule has 2 heterocycles. The fourth-order valence-corrected chi connectivity index (χ4v) is 3.29. The Bertz CT molecular complexity index is 1150. The van der Waals surface area contributed by atoms with Crippen LogP contribution in [0.2, 0.25) is 5.02 Å². The number of nitrogens with zero attached hydrogens (tertiary/aromatic N) is 5. The number of fused-ring (bicyclic) bond motifs is 1. The van der Waals surface area contributed by atoms with Crippen molar-refractivity contribution >= 4 is 34.7 Å². The SMILES string of the molecule is CCCc1nn(C)c2c(N/N=C/c3ccccc3)nc(-c3ccc(Cl)cc3)nc12. The molecule has 0 fully saturated rings. The zero-order valence-corrected chi connectivity index (χ0v) is 17.1. The zero-order valence-electron chi connectivity index (χ0n) is 16.3. The molecule has 0 amide bonds. The van der Waals surface area contributed by atoms with Crippen LogP contribution in [0.3, 0.4) is 0 Å². The molecule has 4 aromatic rings. The number of aromatic nitrogens is 4. The predicted octanol–water partition coefficient (Wildman–Crippen LogP) is 5.08. The molecule has 0 aliphatic rings. The second kappa shape index (κ2) is 8.41. The van der Waals surface area contributed by atoms with Crippen molar-refractivity contribution in [1.29, 1.82) is 0 Å². The molecule has 146 valence electrons. The molecule has 0 aliphatic carbocycles. The minimum Gasteiger partial charge on any atom is -0.262 e. The lowest BCUT2D eigenvalue weighted by Gasteiger charge is -2.07. The third-order valence-corrected chi connectivity index (χ3v) is 4.78. The van der Waals surface area contributed by atoms with Crippen LogP contribution in [-0.4, -0.2) is 26.0 Å². The summed E-state index contributed by atoms with van der Waals surface area (Å²) >= 11 is 6.04. The summed E-state index contributed by atoms with van der Waals surface area (Å²) in [5, 5.41) is 9.71. The van der Waals surface area contributed by atoms with Crippen LogP contribution in [0.1, 0.15) is 24.6 Å². The van der Waals surface area contributed by atoms with Crippen LogP contribution in [0, 0.1) is 0 Å². The van der Waals surface area contributed by atoms with Gasteiger partial charge in [-0.05, 0) is 36.2 Å². The third-order valence-electron chi connectivity index (χ3n) is 4.52. The molecular weight excluding hydrogens is 384 g/mol. The van der Waals surface area contributed by atoms with Crippen LogP contribution in [0.25, 0.3) is 22.4 Å². The molecule has 1 N–H and O–H groups in total. The number of benzene rings is 2. The van der Waals surface area contributed by atoms with Gasteiger partial charge in [0.25, 0.3) is 0 Å². The largest absolute Gasteiger partial charge is 0.262 e. The monoisotopic (exact) mass is 404 g/mol. The summed E-state index contributed by atoms with van der Waals surface area (Å²) < 4.78 is 1.81. The quantitative estimate of drug-likeness (QED) is 0.359. The summed E-state index contributed by atoms with van der Waals surface area (Å²) in [6, 6.07) is 17.4. The number of hydrogen-bond acceptors (Lipinski definition) is 5. The fraction of sp³-hybridized carbons (Fsp3) is 0.182. The summed E-state index contributed by atoms with van der Waals surface area (Å²) in [7, 11) is 1.90. The predicted molar refractivity (Wildman–Crippen MR) is 118 cm³/mol. The lowest BCUT2D eigenvalue weighted by molar-refractivity contribution is 0.753. The second-order valence-electron chi connectivity index (χ2n) is 6.70. The van der Waals surface area contributed by atoms with E-state index in [2.05, 4.69) is 22.5 Å². The summed E-state index contributed by atoms with van der Waals surface area (Å²) in [5.74, 6) is 1.22. The number of hydrogen-bond donors (Lipinski definition) is 1. The van der Waals surface area contributed by atoms with E-state index in [-0.39, 0.29) is 0 Å². The molecule has 6 nitrogen and oxygen atoms in total. The highest BCUT2D eigenvalue weighted by molar-refractivity contribution is 6.30. The van der Waals surface area contributed by atoms with Crippen molar-refractivity contribution in [2.24, 2.45) is 12.1 Å². The zero-order chi connectivity index (χ0) is 20.2. The molecule has 7 heteroatoms. The van der Waals surface area contributed by atoms with E-state index >= 15 is 0 Å². The van der Waals surface area contributed by atoms with E-state index in [1.807, 2.05) is 66.3 Å². The van der Waals surface area contributed by atoms with Gasteiger partial charge in [-0.25, -0.2) is 9.97 Å². The molecular formula is C22H21ClN6. The normalized spacial score (nSPS) is 11.4. The minimum absolute atomic E-state index is 0.608. The van der Waals surface area contributed by atoms with Crippen molar-refractivity contribution in [1.82, 2.24) is 19.7 Å². The number of halogens is 1. The fourth-order valence-electron chi connectivity index (χ4n) is 3.16. The smallest absolute Gasteiger partial charge is 0.176 e. The molecule has 0 unspecified atom stereocenters. The Hall–Kier alpha value is -3.25. The average molecular weight is 405 g/mol. The molecule has 0 spiro atoms. The summed E-state index contributed by atoms with van der Waals surface area (Å²) in [4.78, 5) is 9.54. The molecule has 0 saturated carbocycles. The van der Waals surface area contributed by atoms with Crippen molar-refractivity contribution in [3.63, 3.8) is 0 Å². The maximum atomic E-state index is 6.04. The molecule has 0 atom stereocenters. The molecule has 29 heavy (non-hydrogen) atoms. The second-order valence-corrected chi connectivity index (χ2v) is 7.14. The third kappa shape index (κ3) is 4.12. The highest BCUT2D eigenvalue weighted by atomic mass is 35.5. The number of hydrazone groups is 1. The highest BCUT2D eigenvalue weighted by Crippen LogP contribution is 2.28. The van der Waals surface area contributed by atoms with E-state index in [9.17, 15) is 0 Å². The first-order chi connectivity index (χ1) is 14.2. The van der Waals surface area contributed by atoms with Gasteiger partial charge in [0.15, 0.2) is 11.6 Å². The van der Waals surface area contributed by atoms with Crippen LogP contribution < -0.4 is 5.43 Å². The average Bonchev–Trinajstić information content (AvgIpc) is 3.05. The Morgan fingerprint density at radius 3 is 2.55 bits per heavy atom. The van der Waals surface area contributed by atoms with Crippen molar-refractivity contribution in [2.75, 3.05) is 5.43 Å². The van der Waals surface area contributed by atoms with E-state index in [0.717, 1.165) is 40.7 Å². The van der Waals surface area contributed by atoms with Gasteiger partial charge >= 0.3 is 0 Å². The summed E-state index contributed by atoms with van der Waals surface area (Å²) in [6.45, 7) is 2.13. The van der Waals surface area contributed by atoms with E-state index in [4.69, 9.17) is 21.6 Å². The Labute approximate surface area is 174 Å². The first-order valence-electron chi connectivity index (χ1n) is 9.49. The van der Waals surface area contributed by atoms with Crippen molar-refractivity contribution in [3.8, 4) is 11.4 Å². The number of anilines is 1. The topological polar surface area (TPSA) is 68.0 Å². The van der Waals surface area contributed by atoms with Gasteiger partial charge in [-0.15, -0.1) is 0 Å². The van der Waals surface area contributed by atoms with Gasteiger partial charge in [0.2, 0.25) is 0 Å². The first-order valence-corrected chi connectivity index (χ1v) is 9.87. The van der Waals surface area contributed by atoms with Gasteiger partial charge in [-0.2, -0.15) is 10.2 Å².